The van der Waals surface area contributed by atoms with Crippen LogP contribution in [0.15, 0.2) is 41.6 Å². The quantitative estimate of drug-likeness (QED) is 0.849. The summed E-state index contributed by atoms with van der Waals surface area (Å²) in [7, 11) is -3.42. The Balaban J connectivity index is 1.64. The molecular weight excluding hydrogens is 334 g/mol. The summed E-state index contributed by atoms with van der Waals surface area (Å²) >= 11 is 5.83. The molecule has 7 heteroatoms. The molecule has 1 aromatic heterocycles. The van der Waals surface area contributed by atoms with E-state index in [1.807, 2.05) is 13.1 Å². The Hall–Kier alpha value is -1.37. The van der Waals surface area contributed by atoms with Gasteiger partial charge in [0.1, 0.15) is 5.82 Å². The van der Waals surface area contributed by atoms with Crippen LogP contribution in [-0.4, -0.2) is 35.4 Å². The number of rotatable bonds is 4. The normalized spacial score (nSPS) is 17.5. The van der Waals surface area contributed by atoms with Crippen molar-refractivity contribution in [3.63, 3.8) is 0 Å². The second-order valence-corrected chi connectivity index (χ2v) is 8.30. The molecular formula is C16H20ClN3O2S. The minimum atomic E-state index is -3.42. The lowest BCUT2D eigenvalue weighted by Crippen LogP contribution is -2.39. The van der Waals surface area contributed by atoms with Crippen molar-refractivity contribution in [1.29, 1.82) is 0 Å². The SMILES string of the molecule is Cc1nccn1CC1CCN(S(=O)(=O)c2ccc(Cl)cc2)CC1. The van der Waals surface area contributed by atoms with E-state index < -0.39 is 10.0 Å². The summed E-state index contributed by atoms with van der Waals surface area (Å²) in [6.45, 7) is 4.01. The second kappa shape index (κ2) is 6.63. The Morgan fingerprint density at radius 1 is 1.22 bits per heavy atom. The number of aromatic nitrogens is 2. The smallest absolute Gasteiger partial charge is 0.243 e. The molecule has 5 nitrogen and oxygen atoms in total. The van der Waals surface area contributed by atoms with Crippen molar-refractivity contribution in [2.45, 2.75) is 31.2 Å². The average Bonchev–Trinajstić information content (AvgIpc) is 2.93. The number of nitrogens with zero attached hydrogens (tertiary/aromatic N) is 3. The first-order valence-corrected chi connectivity index (χ1v) is 9.52. The molecule has 0 radical (unpaired) electrons. The van der Waals surface area contributed by atoms with Gasteiger partial charge in [-0.15, -0.1) is 0 Å². The molecule has 23 heavy (non-hydrogen) atoms. The summed E-state index contributed by atoms with van der Waals surface area (Å²) < 4.78 is 29.0. The largest absolute Gasteiger partial charge is 0.335 e. The molecule has 0 atom stereocenters. The maximum absolute atomic E-state index is 12.6. The molecule has 1 aromatic carbocycles. The summed E-state index contributed by atoms with van der Waals surface area (Å²) in [4.78, 5) is 4.54. The van der Waals surface area contributed by atoms with Gasteiger partial charge in [-0.25, -0.2) is 13.4 Å². The molecule has 0 aliphatic carbocycles. The number of hydrogen-bond donors (Lipinski definition) is 0. The lowest BCUT2D eigenvalue weighted by molar-refractivity contribution is 0.252. The molecule has 2 heterocycles. The van der Waals surface area contributed by atoms with Crippen LogP contribution in [-0.2, 0) is 16.6 Å². The first kappa shape index (κ1) is 16.5. The Bertz CT molecular complexity index is 763. The first-order valence-electron chi connectivity index (χ1n) is 7.70. The molecule has 1 aliphatic heterocycles. The van der Waals surface area contributed by atoms with Gasteiger partial charge < -0.3 is 4.57 Å². The Labute approximate surface area is 141 Å². The van der Waals surface area contributed by atoms with Crippen LogP contribution < -0.4 is 0 Å². The standard InChI is InChI=1S/C16H20ClN3O2S/c1-13-18-8-11-19(13)12-14-6-9-20(10-7-14)23(21,22)16-4-2-15(17)3-5-16/h2-5,8,11,14H,6-7,9-10,12H2,1H3. The summed E-state index contributed by atoms with van der Waals surface area (Å²) in [5.74, 6) is 1.49. The minimum absolute atomic E-state index is 0.311. The average molecular weight is 354 g/mol. The van der Waals surface area contributed by atoms with Gasteiger partial charge in [-0.3, -0.25) is 0 Å². The third kappa shape index (κ3) is 3.59. The van der Waals surface area contributed by atoms with Crippen LogP contribution >= 0.6 is 11.6 Å². The molecule has 124 valence electrons. The lowest BCUT2D eigenvalue weighted by atomic mass is 9.98. The van der Waals surface area contributed by atoms with Crippen molar-refractivity contribution in [2.75, 3.05) is 13.1 Å². The summed E-state index contributed by atoms with van der Waals surface area (Å²) in [5, 5.41) is 0.540. The highest BCUT2D eigenvalue weighted by Gasteiger charge is 2.29. The first-order chi connectivity index (χ1) is 11.0. The van der Waals surface area contributed by atoms with Gasteiger partial charge in [0.15, 0.2) is 0 Å². The third-order valence-corrected chi connectivity index (χ3v) is 6.57. The van der Waals surface area contributed by atoms with Crippen molar-refractivity contribution < 1.29 is 8.42 Å². The molecule has 0 saturated carbocycles. The highest BCUT2D eigenvalue weighted by atomic mass is 35.5. The molecule has 3 rings (SSSR count). The van der Waals surface area contributed by atoms with Crippen molar-refractivity contribution >= 4 is 21.6 Å². The van der Waals surface area contributed by atoms with Crippen LogP contribution in [0.2, 0.25) is 5.02 Å². The summed E-state index contributed by atoms with van der Waals surface area (Å²) in [5.41, 5.74) is 0. The van der Waals surface area contributed by atoms with Gasteiger partial charge in [0.05, 0.1) is 4.90 Å². The maximum Gasteiger partial charge on any atom is 0.243 e. The number of benzene rings is 1. The second-order valence-electron chi connectivity index (χ2n) is 5.93. The molecule has 1 saturated heterocycles. The van der Waals surface area contributed by atoms with Crippen molar-refractivity contribution in [2.24, 2.45) is 5.92 Å². The van der Waals surface area contributed by atoms with Crippen molar-refractivity contribution in [3.05, 3.63) is 47.5 Å². The zero-order valence-electron chi connectivity index (χ0n) is 13.0. The zero-order chi connectivity index (χ0) is 16.4. The van der Waals surface area contributed by atoms with Gasteiger partial charge in [-0.2, -0.15) is 4.31 Å². The van der Waals surface area contributed by atoms with Crippen LogP contribution in [0.3, 0.4) is 0 Å². The van der Waals surface area contributed by atoms with Crippen molar-refractivity contribution in [3.8, 4) is 0 Å². The van der Waals surface area contributed by atoms with Gasteiger partial charge in [-0.1, -0.05) is 11.6 Å². The predicted molar refractivity (Wildman–Crippen MR) is 89.9 cm³/mol. The van der Waals surface area contributed by atoms with Crippen LogP contribution in [0.25, 0.3) is 0 Å². The maximum atomic E-state index is 12.6. The van der Waals surface area contributed by atoms with Gasteiger partial charge >= 0.3 is 0 Å². The monoisotopic (exact) mass is 353 g/mol. The molecule has 0 unspecified atom stereocenters. The highest BCUT2D eigenvalue weighted by molar-refractivity contribution is 7.89. The number of halogens is 1. The summed E-state index contributed by atoms with van der Waals surface area (Å²) in [6, 6.07) is 6.36. The number of imidazole rings is 1. The number of sulfonamides is 1. The van der Waals surface area contributed by atoms with E-state index in [4.69, 9.17) is 11.6 Å². The third-order valence-electron chi connectivity index (χ3n) is 4.40. The van der Waals surface area contributed by atoms with Crippen LogP contribution in [0.5, 0.6) is 0 Å². The van der Waals surface area contributed by atoms with E-state index in [0.29, 0.717) is 28.9 Å². The Morgan fingerprint density at radius 2 is 1.87 bits per heavy atom. The van der Waals surface area contributed by atoms with Gasteiger partial charge in [-0.05, 0) is 49.9 Å². The van der Waals surface area contributed by atoms with Gasteiger partial charge in [0.25, 0.3) is 0 Å². The Kier molecular flexibility index (Phi) is 4.75. The highest BCUT2D eigenvalue weighted by Crippen LogP contribution is 2.25. The van der Waals surface area contributed by atoms with Crippen LogP contribution in [0.1, 0.15) is 18.7 Å². The van der Waals surface area contributed by atoms with Crippen molar-refractivity contribution in [1.82, 2.24) is 13.9 Å². The number of aryl methyl sites for hydroxylation is 1. The van der Waals surface area contributed by atoms with E-state index in [1.54, 1.807) is 34.8 Å². The molecule has 0 bridgehead atoms. The number of hydrogen-bond acceptors (Lipinski definition) is 3. The van der Waals surface area contributed by atoms with E-state index in [9.17, 15) is 8.42 Å². The van der Waals surface area contributed by atoms with Gasteiger partial charge in [0, 0.05) is 37.1 Å². The Morgan fingerprint density at radius 3 is 2.43 bits per heavy atom. The van der Waals surface area contributed by atoms with Gasteiger partial charge in [0.2, 0.25) is 10.0 Å². The fourth-order valence-electron chi connectivity index (χ4n) is 2.96. The minimum Gasteiger partial charge on any atom is -0.335 e. The molecule has 1 aliphatic rings. The van der Waals surface area contributed by atoms with E-state index in [1.165, 1.54) is 0 Å². The molecule has 1 fully saturated rings. The summed E-state index contributed by atoms with van der Waals surface area (Å²) in [6.07, 6.45) is 5.51. The number of piperidine rings is 1. The van der Waals surface area contributed by atoms with E-state index in [-0.39, 0.29) is 0 Å². The molecule has 0 spiro atoms. The van der Waals surface area contributed by atoms with E-state index in [0.717, 1.165) is 25.2 Å². The molecule has 2 aromatic rings. The van der Waals surface area contributed by atoms with E-state index in [2.05, 4.69) is 9.55 Å². The van der Waals surface area contributed by atoms with Crippen LogP contribution in [0.4, 0.5) is 0 Å². The molecule has 0 N–H and O–H groups in total. The topological polar surface area (TPSA) is 55.2 Å². The molecule has 0 amide bonds. The fourth-order valence-corrected chi connectivity index (χ4v) is 4.56. The lowest BCUT2D eigenvalue weighted by Gasteiger charge is -2.31. The van der Waals surface area contributed by atoms with Crippen LogP contribution in [0, 0.1) is 12.8 Å². The predicted octanol–water partition coefficient (Wildman–Crippen LogP) is 2.95. The van der Waals surface area contributed by atoms with E-state index >= 15 is 0 Å². The fraction of sp³-hybridized carbons (Fsp3) is 0.438. The zero-order valence-corrected chi connectivity index (χ0v) is 14.6.